The smallest absolute Gasteiger partial charge is 0.0689 e. The van der Waals surface area contributed by atoms with Crippen LogP contribution in [0.1, 0.15) is 13.8 Å². The molecule has 0 saturated carbocycles. The van der Waals surface area contributed by atoms with Crippen molar-refractivity contribution in [3.8, 4) is 0 Å². The second-order valence-corrected chi connectivity index (χ2v) is 2.84. The van der Waals surface area contributed by atoms with Crippen molar-refractivity contribution in [1.82, 2.24) is 0 Å². The van der Waals surface area contributed by atoms with Crippen molar-refractivity contribution in [2.75, 3.05) is 13.2 Å². The van der Waals surface area contributed by atoms with Crippen LogP contribution in [0.2, 0.25) is 0 Å². The van der Waals surface area contributed by atoms with Crippen LogP contribution in [0.4, 0.5) is 0 Å². The van der Waals surface area contributed by atoms with E-state index in [1.54, 1.807) is 0 Å². The first kappa shape index (κ1) is 11.0. The third-order valence-electron chi connectivity index (χ3n) is 1.03. The maximum atomic E-state index is 5.42. The predicted octanol–water partition coefficient (Wildman–Crippen LogP) is 3.29. The molecule has 0 spiro atoms. The molecule has 1 nitrogen and oxygen atoms in total. The molecule has 0 aromatic heterocycles. The van der Waals surface area contributed by atoms with Gasteiger partial charge in [0.25, 0.3) is 0 Å². The highest BCUT2D eigenvalue weighted by Gasteiger charge is 1.90. The van der Waals surface area contributed by atoms with Crippen LogP contribution >= 0.6 is 23.2 Å². The zero-order chi connectivity index (χ0) is 8.69. The van der Waals surface area contributed by atoms with Gasteiger partial charge in [-0.15, -0.1) is 0 Å². The van der Waals surface area contributed by atoms with Crippen molar-refractivity contribution in [2.45, 2.75) is 13.8 Å². The molecule has 0 unspecified atom stereocenters. The van der Waals surface area contributed by atoms with Gasteiger partial charge in [0.1, 0.15) is 0 Å². The molecule has 64 valence electrons. The normalized spacial score (nSPS) is 13.8. The maximum absolute atomic E-state index is 5.42. The second kappa shape index (κ2) is 6.71. The van der Waals surface area contributed by atoms with Crippen LogP contribution in [0.5, 0.6) is 0 Å². The average Bonchev–Trinajstić information content (AvgIpc) is 2.04. The van der Waals surface area contributed by atoms with Gasteiger partial charge >= 0.3 is 0 Å². The van der Waals surface area contributed by atoms with E-state index < -0.39 is 0 Å². The standard InChI is InChI=1S/C8H12Cl2O/c1-7(3-9)5-11-6-8(2)4-10/h3-4H,5-6H2,1-2H3/b7-3-,8-4+. The Bertz CT molecular complexity index is 143. The van der Waals surface area contributed by atoms with Crippen LogP contribution in [-0.2, 0) is 4.74 Å². The van der Waals surface area contributed by atoms with Crippen molar-refractivity contribution in [3.05, 3.63) is 22.2 Å². The van der Waals surface area contributed by atoms with E-state index in [2.05, 4.69) is 0 Å². The summed E-state index contributed by atoms with van der Waals surface area (Å²) in [4.78, 5) is 0. The SMILES string of the molecule is C/C(=C/Cl)COC/C(C)=C/Cl. The number of hydrogen-bond donors (Lipinski definition) is 0. The number of ether oxygens (including phenoxy) is 1. The molecule has 0 aliphatic heterocycles. The number of hydrogen-bond acceptors (Lipinski definition) is 1. The van der Waals surface area contributed by atoms with E-state index in [4.69, 9.17) is 27.9 Å². The lowest BCUT2D eigenvalue weighted by Gasteiger charge is -2.02. The van der Waals surface area contributed by atoms with Gasteiger partial charge in [-0.1, -0.05) is 23.2 Å². The van der Waals surface area contributed by atoms with Crippen molar-refractivity contribution >= 4 is 23.2 Å². The molecule has 0 aliphatic rings. The topological polar surface area (TPSA) is 9.23 Å². The molecule has 0 aliphatic carbocycles. The zero-order valence-corrected chi connectivity index (χ0v) is 8.24. The quantitative estimate of drug-likeness (QED) is 0.668. The third-order valence-corrected chi connectivity index (χ3v) is 1.78. The minimum Gasteiger partial charge on any atom is -0.373 e. The second-order valence-electron chi connectivity index (χ2n) is 2.40. The zero-order valence-electron chi connectivity index (χ0n) is 6.73. The molecule has 0 saturated heterocycles. The maximum Gasteiger partial charge on any atom is 0.0689 e. The average molecular weight is 195 g/mol. The van der Waals surface area contributed by atoms with E-state index in [0.29, 0.717) is 13.2 Å². The summed E-state index contributed by atoms with van der Waals surface area (Å²) in [6, 6.07) is 0. The summed E-state index contributed by atoms with van der Waals surface area (Å²) in [5, 5.41) is 0. The monoisotopic (exact) mass is 194 g/mol. The molecule has 0 rings (SSSR count). The van der Waals surface area contributed by atoms with Crippen LogP contribution in [0.15, 0.2) is 22.2 Å². The highest BCUT2D eigenvalue weighted by molar-refractivity contribution is 6.25. The summed E-state index contributed by atoms with van der Waals surface area (Å²) in [5.41, 5.74) is 5.04. The van der Waals surface area contributed by atoms with E-state index in [9.17, 15) is 0 Å². The molecule has 0 bridgehead atoms. The Morgan fingerprint density at radius 3 is 1.73 bits per heavy atom. The van der Waals surface area contributed by atoms with Crippen LogP contribution < -0.4 is 0 Å². The molecule has 0 aromatic carbocycles. The Labute approximate surface area is 77.6 Å². The molecule has 11 heavy (non-hydrogen) atoms. The molecular weight excluding hydrogens is 183 g/mol. The van der Waals surface area contributed by atoms with Crippen molar-refractivity contribution in [3.63, 3.8) is 0 Å². The molecule has 3 heteroatoms. The minimum atomic E-state index is 0.561. The summed E-state index contributed by atoms with van der Waals surface area (Å²) in [6.07, 6.45) is 0. The van der Waals surface area contributed by atoms with Crippen molar-refractivity contribution in [2.24, 2.45) is 0 Å². The number of rotatable bonds is 4. The summed E-state index contributed by atoms with van der Waals surface area (Å²) >= 11 is 10.8. The Morgan fingerprint density at radius 1 is 1.09 bits per heavy atom. The fourth-order valence-electron chi connectivity index (χ4n) is 0.436. The van der Waals surface area contributed by atoms with Gasteiger partial charge in [-0.3, -0.25) is 0 Å². The van der Waals surface area contributed by atoms with Gasteiger partial charge in [0, 0.05) is 11.1 Å². The first-order valence-corrected chi connectivity index (χ1v) is 4.17. The van der Waals surface area contributed by atoms with Crippen molar-refractivity contribution in [1.29, 1.82) is 0 Å². The van der Waals surface area contributed by atoms with Gasteiger partial charge in [0.15, 0.2) is 0 Å². The van der Waals surface area contributed by atoms with E-state index in [1.807, 2.05) is 13.8 Å². The van der Waals surface area contributed by atoms with Crippen LogP contribution in [0.3, 0.4) is 0 Å². The fourth-order valence-corrected chi connectivity index (χ4v) is 0.562. The van der Waals surface area contributed by atoms with Gasteiger partial charge in [-0.05, 0) is 25.0 Å². The molecule has 0 atom stereocenters. The first-order chi connectivity index (χ1) is 5.20. The summed E-state index contributed by atoms with van der Waals surface area (Å²) in [5.74, 6) is 0. The Balaban J connectivity index is 3.43. The largest absolute Gasteiger partial charge is 0.373 e. The van der Waals surface area contributed by atoms with Gasteiger partial charge in [0.05, 0.1) is 13.2 Å². The third kappa shape index (κ3) is 6.42. The van der Waals surface area contributed by atoms with Crippen molar-refractivity contribution < 1.29 is 4.74 Å². The van der Waals surface area contributed by atoms with E-state index >= 15 is 0 Å². The van der Waals surface area contributed by atoms with Gasteiger partial charge < -0.3 is 4.74 Å². The summed E-state index contributed by atoms with van der Waals surface area (Å²) in [6.45, 7) is 4.94. The highest BCUT2D eigenvalue weighted by Crippen LogP contribution is 2.00. The Morgan fingerprint density at radius 2 is 1.45 bits per heavy atom. The number of halogens is 2. The lowest BCUT2D eigenvalue weighted by Crippen LogP contribution is -1.98. The van der Waals surface area contributed by atoms with Crippen LogP contribution in [0.25, 0.3) is 0 Å². The van der Waals surface area contributed by atoms with E-state index in [0.717, 1.165) is 11.1 Å². The molecule has 0 heterocycles. The van der Waals surface area contributed by atoms with Crippen LogP contribution in [0, 0.1) is 0 Å². The Hall–Kier alpha value is 0.0200. The molecule has 0 amide bonds. The van der Waals surface area contributed by atoms with Gasteiger partial charge in [0.2, 0.25) is 0 Å². The minimum absolute atomic E-state index is 0.561. The first-order valence-electron chi connectivity index (χ1n) is 3.30. The van der Waals surface area contributed by atoms with Gasteiger partial charge in [-0.2, -0.15) is 0 Å². The molecule has 0 aromatic rings. The lowest BCUT2D eigenvalue weighted by molar-refractivity contribution is 0.180. The molecule has 0 fully saturated rings. The predicted molar refractivity (Wildman–Crippen MR) is 50.0 cm³/mol. The lowest BCUT2D eigenvalue weighted by atomic mass is 10.3. The fraction of sp³-hybridized carbons (Fsp3) is 0.500. The summed E-state index contributed by atoms with van der Waals surface area (Å²) < 4.78 is 5.23. The van der Waals surface area contributed by atoms with Crippen LogP contribution in [-0.4, -0.2) is 13.2 Å². The molecule has 0 N–H and O–H groups in total. The highest BCUT2D eigenvalue weighted by atomic mass is 35.5. The Kier molecular flexibility index (Phi) is 6.73. The van der Waals surface area contributed by atoms with Gasteiger partial charge in [-0.25, -0.2) is 0 Å². The van der Waals surface area contributed by atoms with E-state index in [-0.39, 0.29) is 0 Å². The summed E-state index contributed by atoms with van der Waals surface area (Å²) in [7, 11) is 0. The van der Waals surface area contributed by atoms with E-state index in [1.165, 1.54) is 11.1 Å². The molecular formula is C8H12Cl2O. The molecule has 0 radical (unpaired) electrons.